The number of ether oxygens (including phenoxy) is 4. The molecule has 228 valence electrons. The second kappa shape index (κ2) is 12.2. The number of hydrogen-bond donors (Lipinski definition) is 1. The van der Waals surface area contributed by atoms with Crippen molar-refractivity contribution in [1.29, 1.82) is 0 Å². The number of aryl methyl sites for hydroxylation is 1. The molecule has 0 spiro atoms. The van der Waals surface area contributed by atoms with Crippen molar-refractivity contribution in [3.63, 3.8) is 0 Å². The van der Waals surface area contributed by atoms with E-state index in [1.807, 2.05) is 6.92 Å². The van der Waals surface area contributed by atoms with Gasteiger partial charge in [0.2, 0.25) is 0 Å². The number of esters is 1. The fourth-order valence-corrected chi connectivity index (χ4v) is 5.50. The summed E-state index contributed by atoms with van der Waals surface area (Å²) in [5, 5.41) is 3.79. The molecule has 1 N–H and O–H groups in total. The molecule has 1 saturated carbocycles. The summed E-state index contributed by atoms with van der Waals surface area (Å²) in [6.45, 7) is 2.41. The summed E-state index contributed by atoms with van der Waals surface area (Å²) < 4.78 is 59.1. The number of amides is 1. The van der Waals surface area contributed by atoms with Gasteiger partial charge in [-0.3, -0.25) is 9.59 Å². The van der Waals surface area contributed by atoms with Gasteiger partial charge < -0.3 is 29.2 Å². The van der Waals surface area contributed by atoms with Gasteiger partial charge in [-0.05, 0) is 54.7 Å². The molecule has 8 nitrogen and oxygen atoms in total. The van der Waals surface area contributed by atoms with Crippen LogP contribution in [0.3, 0.4) is 0 Å². The highest BCUT2D eigenvalue weighted by Crippen LogP contribution is 2.41. The van der Waals surface area contributed by atoms with Crippen LogP contribution in [0.5, 0.6) is 17.2 Å². The molecule has 2 aliphatic rings. The number of fused-ring (bicyclic) bond motifs is 1. The minimum absolute atomic E-state index is 0.0440. The summed E-state index contributed by atoms with van der Waals surface area (Å²) in [6, 6.07) is 13.3. The van der Waals surface area contributed by atoms with Crippen molar-refractivity contribution >= 4 is 34.9 Å². The van der Waals surface area contributed by atoms with E-state index in [1.165, 1.54) is 37.3 Å². The molecule has 0 aromatic heterocycles. The summed E-state index contributed by atoms with van der Waals surface area (Å²) in [5.74, 6) is -0.245. The van der Waals surface area contributed by atoms with E-state index >= 15 is 0 Å². The first kappa shape index (κ1) is 30.3. The lowest BCUT2D eigenvalue weighted by atomic mass is 9.99. The van der Waals surface area contributed by atoms with Crippen LogP contribution in [-0.2, 0) is 20.7 Å². The number of nitrogens with zero attached hydrogens (tertiary/aromatic N) is 1. The zero-order chi connectivity index (χ0) is 30.9. The number of nitrogens with one attached hydrogen (secondary N) is 1. The Morgan fingerprint density at radius 3 is 2.51 bits per heavy atom. The molecule has 5 rings (SSSR count). The first-order valence-electron chi connectivity index (χ1n) is 13.6. The third kappa shape index (κ3) is 7.10. The molecule has 1 heterocycles. The first-order chi connectivity index (χ1) is 20.5. The zero-order valence-electron chi connectivity index (χ0n) is 23.7. The smallest absolute Gasteiger partial charge is 0.497 e. The van der Waals surface area contributed by atoms with Crippen molar-refractivity contribution in [1.82, 2.24) is 0 Å². The van der Waals surface area contributed by atoms with Gasteiger partial charge in [0.1, 0.15) is 23.3 Å². The standard InChI is InChI=1S/C31H30ClF3N2O6/c1-17-10-20(32)5-7-25(17)28(29(38)37-9-8-18-4-6-22(15-27(18)37)43-31(33,34)35)36-21-12-23(40-2)14-24(13-21)42-16-19-11-26(19)30(39)41-3/h4-7,10,12-15,19,26,28,36H,8-9,11,16H2,1-3H3/t19-,26+,28?/m1/s1. The Labute approximate surface area is 251 Å². The van der Waals surface area contributed by atoms with Crippen molar-refractivity contribution in [3.8, 4) is 17.2 Å². The molecule has 1 unspecified atom stereocenters. The number of halogens is 4. The average Bonchev–Trinajstić information content (AvgIpc) is 3.63. The van der Waals surface area contributed by atoms with Crippen LogP contribution < -0.4 is 24.4 Å². The van der Waals surface area contributed by atoms with Gasteiger partial charge in [-0.15, -0.1) is 13.2 Å². The van der Waals surface area contributed by atoms with Crippen LogP contribution in [0.2, 0.25) is 5.02 Å². The highest BCUT2D eigenvalue weighted by molar-refractivity contribution is 6.30. The zero-order valence-corrected chi connectivity index (χ0v) is 24.4. The molecule has 0 radical (unpaired) electrons. The highest BCUT2D eigenvalue weighted by atomic mass is 35.5. The molecule has 1 aliphatic carbocycles. The number of alkyl halides is 3. The molecule has 3 aromatic rings. The maximum Gasteiger partial charge on any atom is 0.573 e. The Kier molecular flexibility index (Phi) is 8.64. The molecule has 1 fully saturated rings. The quantitative estimate of drug-likeness (QED) is 0.260. The fraction of sp³-hybridized carbons (Fsp3) is 0.355. The van der Waals surface area contributed by atoms with Crippen molar-refractivity contribution < 1.29 is 41.7 Å². The van der Waals surface area contributed by atoms with E-state index in [0.717, 1.165) is 11.1 Å². The summed E-state index contributed by atoms with van der Waals surface area (Å²) in [6.07, 6.45) is -3.70. The summed E-state index contributed by atoms with van der Waals surface area (Å²) in [5.41, 5.74) is 2.97. The third-order valence-corrected chi connectivity index (χ3v) is 7.79. The SMILES string of the molecule is COC(=O)[C@H]1C[C@@H]1COc1cc(NC(C(=O)N2CCc3ccc(OC(F)(F)F)cc32)c2ccc(Cl)cc2C)cc(OC)c1. The minimum atomic E-state index is -4.86. The number of carbonyl (C=O) groups is 2. The van der Waals surface area contributed by atoms with E-state index in [0.29, 0.717) is 52.9 Å². The van der Waals surface area contributed by atoms with Crippen molar-refractivity contribution in [3.05, 3.63) is 76.3 Å². The Morgan fingerprint density at radius 1 is 1.05 bits per heavy atom. The predicted octanol–water partition coefficient (Wildman–Crippen LogP) is 6.49. The highest BCUT2D eigenvalue weighted by Gasteiger charge is 2.44. The predicted molar refractivity (Wildman–Crippen MR) is 154 cm³/mol. The van der Waals surface area contributed by atoms with Crippen LogP contribution in [0.1, 0.15) is 29.2 Å². The number of methoxy groups -OCH3 is 2. The Hall–Kier alpha value is -4.12. The monoisotopic (exact) mass is 618 g/mol. The molecule has 1 amide bonds. The summed E-state index contributed by atoms with van der Waals surface area (Å²) in [4.78, 5) is 27.4. The van der Waals surface area contributed by atoms with Gasteiger partial charge in [0.05, 0.1) is 32.4 Å². The average molecular weight is 619 g/mol. The minimum Gasteiger partial charge on any atom is -0.497 e. The lowest BCUT2D eigenvalue weighted by Gasteiger charge is -2.27. The van der Waals surface area contributed by atoms with E-state index in [9.17, 15) is 22.8 Å². The molecule has 0 bridgehead atoms. The summed E-state index contributed by atoms with van der Waals surface area (Å²) in [7, 11) is 2.86. The molecular weight excluding hydrogens is 589 g/mol. The van der Waals surface area contributed by atoms with E-state index in [1.54, 1.807) is 36.4 Å². The Bertz CT molecular complexity index is 1530. The van der Waals surface area contributed by atoms with Gasteiger partial charge in [0, 0.05) is 47.4 Å². The van der Waals surface area contributed by atoms with Crippen LogP contribution >= 0.6 is 11.6 Å². The molecule has 43 heavy (non-hydrogen) atoms. The number of rotatable bonds is 10. The van der Waals surface area contributed by atoms with E-state index < -0.39 is 18.2 Å². The first-order valence-corrected chi connectivity index (χ1v) is 14.0. The van der Waals surface area contributed by atoms with E-state index in [-0.39, 0.29) is 30.3 Å². The van der Waals surface area contributed by atoms with Crippen molar-refractivity contribution in [2.45, 2.75) is 32.2 Å². The molecule has 3 aromatic carbocycles. The molecule has 12 heteroatoms. The van der Waals surface area contributed by atoms with Gasteiger partial charge in [-0.25, -0.2) is 0 Å². The summed E-state index contributed by atoms with van der Waals surface area (Å²) >= 11 is 6.21. The van der Waals surface area contributed by atoms with Gasteiger partial charge in [0.15, 0.2) is 0 Å². The molecule has 0 saturated heterocycles. The topological polar surface area (TPSA) is 86.3 Å². The van der Waals surface area contributed by atoms with E-state index in [2.05, 4.69) is 10.1 Å². The number of anilines is 2. The maximum atomic E-state index is 14.2. The van der Waals surface area contributed by atoms with Crippen LogP contribution in [0, 0.1) is 18.8 Å². The van der Waals surface area contributed by atoms with Crippen LogP contribution in [0.15, 0.2) is 54.6 Å². The number of hydrogen-bond acceptors (Lipinski definition) is 7. The second-order valence-electron chi connectivity index (χ2n) is 10.5. The Balaban J connectivity index is 1.44. The largest absolute Gasteiger partial charge is 0.573 e. The normalized spacial score (nSPS) is 18.0. The third-order valence-electron chi connectivity index (χ3n) is 7.56. The number of benzene rings is 3. The van der Waals surface area contributed by atoms with Gasteiger partial charge in [-0.2, -0.15) is 0 Å². The lowest BCUT2D eigenvalue weighted by Crippen LogP contribution is -2.37. The van der Waals surface area contributed by atoms with Crippen LogP contribution in [0.4, 0.5) is 24.5 Å². The van der Waals surface area contributed by atoms with Crippen molar-refractivity contribution in [2.24, 2.45) is 11.8 Å². The maximum absolute atomic E-state index is 14.2. The molecule has 1 aliphatic heterocycles. The molecule has 3 atom stereocenters. The second-order valence-corrected chi connectivity index (χ2v) is 10.9. The molecular formula is C31H30ClF3N2O6. The lowest BCUT2D eigenvalue weighted by molar-refractivity contribution is -0.274. The van der Waals surface area contributed by atoms with Crippen molar-refractivity contribution in [2.75, 3.05) is 37.6 Å². The van der Waals surface area contributed by atoms with Gasteiger partial charge >= 0.3 is 12.3 Å². The van der Waals surface area contributed by atoms with Crippen LogP contribution in [0.25, 0.3) is 0 Å². The number of carbonyl (C=O) groups excluding carboxylic acids is 2. The van der Waals surface area contributed by atoms with E-state index in [4.69, 9.17) is 25.8 Å². The fourth-order valence-electron chi connectivity index (χ4n) is 5.27. The van der Waals surface area contributed by atoms with Gasteiger partial charge in [0.25, 0.3) is 5.91 Å². The van der Waals surface area contributed by atoms with Gasteiger partial charge in [-0.1, -0.05) is 23.7 Å². The Morgan fingerprint density at radius 2 is 1.81 bits per heavy atom. The van der Waals surface area contributed by atoms with Crippen LogP contribution in [-0.4, -0.2) is 45.6 Å².